The number of amides is 1. The number of nitrogens with zero attached hydrogens (tertiary/aromatic N) is 4. The minimum absolute atomic E-state index is 0.0400. The molecule has 0 aliphatic carbocycles. The van der Waals surface area contributed by atoms with Gasteiger partial charge in [-0.25, -0.2) is 19.3 Å². The van der Waals surface area contributed by atoms with Gasteiger partial charge in [0.1, 0.15) is 28.5 Å². The van der Waals surface area contributed by atoms with Crippen molar-refractivity contribution in [3.63, 3.8) is 0 Å². The zero-order valence-electron chi connectivity index (χ0n) is 19.0. The number of carbonyl (C=O) groups is 2. The number of hydrogen-bond acceptors (Lipinski definition) is 8. The van der Waals surface area contributed by atoms with Crippen molar-refractivity contribution in [1.29, 1.82) is 0 Å². The van der Waals surface area contributed by atoms with Gasteiger partial charge in [-0.3, -0.25) is 9.59 Å². The minimum atomic E-state index is -4.90. The van der Waals surface area contributed by atoms with Crippen LogP contribution in [0.3, 0.4) is 0 Å². The highest BCUT2D eigenvalue weighted by atomic mass is 32.1. The summed E-state index contributed by atoms with van der Waals surface area (Å²) in [6, 6.07) is 2.19. The van der Waals surface area contributed by atoms with E-state index in [-0.39, 0.29) is 40.2 Å². The van der Waals surface area contributed by atoms with Crippen LogP contribution >= 0.6 is 11.3 Å². The molecule has 0 aliphatic rings. The first-order valence-corrected chi connectivity index (χ1v) is 11.1. The van der Waals surface area contributed by atoms with E-state index in [0.717, 1.165) is 17.4 Å². The Morgan fingerprint density at radius 2 is 1.91 bits per heavy atom. The van der Waals surface area contributed by atoms with Gasteiger partial charge in [-0.15, -0.1) is 11.3 Å². The number of halogens is 4. The number of nitrogen functional groups attached to an aromatic ring is 1. The number of rotatable bonds is 8. The molecule has 2 aromatic heterocycles. The quantitative estimate of drug-likeness (QED) is 0.342. The summed E-state index contributed by atoms with van der Waals surface area (Å²) in [4.78, 5) is 39.6. The second-order valence-corrected chi connectivity index (χ2v) is 9.12. The number of carbonyl (C=O) groups excluding carboxylic acids is 2. The Kier molecular flexibility index (Phi) is 7.80. The standard InChI is InChI=1S/C22H22F4N6O2S/c1-11(6-16(33)18-13(9-32(2)3)19(27)30-10-29-18)21-28-8-17(35-21)20(34)31-12-4-5-15(23)14(7-12)22(24,25)26/h4-5,7-8,10-11H,6,9H2,1-3H3,(H,31,34)(H2,27,29,30). The maximum atomic E-state index is 13.5. The van der Waals surface area contributed by atoms with Crippen molar-refractivity contribution in [2.45, 2.75) is 32.0 Å². The highest BCUT2D eigenvalue weighted by molar-refractivity contribution is 7.13. The Morgan fingerprint density at radius 3 is 2.57 bits per heavy atom. The van der Waals surface area contributed by atoms with Crippen LogP contribution in [0.25, 0.3) is 0 Å². The Hall–Kier alpha value is -3.45. The van der Waals surface area contributed by atoms with E-state index in [1.807, 2.05) is 19.0 Å². The molecule has 0 saturated carbocycles. The lowest BCUT2D eigenvalue weighted by Gasteiger charge is -2.15. The summed E-state index contributed by atoms with van der Waals surface area (Å²) in [5, 5.41) is 2.79. The molecule has 1 amide bonds. The predicted molar refractivity (Wildman–Crippen MR) is 123 cm³/mol. The molecule has 0 radical (unpaired) electrons. The summed E-state index contributed by atoms with van der Waals surface area (Å²) < 4.78 is 52.2. The molecule has 35 heavy (non-hydrogen) atoms. The van der Waals surface area contributed by atoms with Crippen molar-refractivity contribution in [2.24, 2.45) is 0 Å². The number of Topliss-reactive ketones (excluding diaryl/α,β-unsaturated/α-hetero) is 1. The predicted octanol–water partition coefficient (Wildman–Crippen LogP) is 4.36. The second-order valence-electron chi connectivity index (χ2n) is 8.06. The van der Waals surface area contributed by atoms with Crippen molar-refractivity contribution >= 4 is 34.5 Å². The van der Waals surface area contributed by atoms with E-state index < -0.39 is 23.5 Å². The Balaban J connectivity index is 1.72. The molecule has 1 aromatic carbocycles. The topological polar surface area (TPSA) is 114 Å². The number of nitrogens with one attached hydrogen (secondary N) is 1. The third kappa shape index (κ3) is 6.36. The molecule has 3 rings (SSSR count). The number of anilines is 2. The first kappa shape index (κ1) is 26.2. The number of aromatic nitrogens is 3. The average molecular weight is 511 g/mol. The molecule has 0 bridgehead atoms. The molecule has 0 fully saturated rings. The first-order valence-electron chi connectivity index (χ1n) is 10.3. The monoisotopic (exact) mass is 510 g/mol. The third-order valence-electron chi connectivity index (χ3n) is 4.91. The normalized spacial score (nSPS) is 12.6. The largest absolute Gasteiger partial charge is 0.419 e. The summed E-state index contributed by atoms with van der Waals surface area (Å²) in [6.45, 7) is 2.13. The van der Waals surface area contributed by atoms with Crippen LogP contribution in [0.5, 0.6) is 0 Å². The second kappa shape index (κ2) is 10.4. The molecular weight excluding hydrogens is 488 g/mol. The molecule has 8 nitrogen and oxygen atoms in total. The van der Waals surface area contributed by atoms with Crippen LogP contribution in [-0.4, -0.2) is 45.6 Å². The van der Waals surface area contributed by atoms with Crippen LogP contribution in [0, 0.1) is 5.82 Å². The van der Waals surface area contributed by atoms with Gasteiger partial charge in [0.15, 0.2) is 5.78 Å². The Bertz CT molecular complexity index is 1240. The summed E-state index contributed by atoms with van der Waals surface area (Å²) in [5.41, 5.74) is 4.96. The molecular formula is C22H22F4N6O2S. The molecule has 3 N–H and O–H groups in total. The molecule has 1 atom stereocenters. The highest BCUT2D eigenvalue weighted by Gasteiger charge is 2.34. The van der Waals surface area contributed by atoms with Crippen LogP contribution in [0.1, 0.15) is 55.6 Å². The molecule has 0 spiro atoms. The van der Waals surface area contributed by atoms with Gasteiger partial charge in [0.25, 0.3) is 5.91 Å². The van der Waals surface area contributed by atoms with E-state index in [4.69, 9.17) is 5.73 Å². The maximum absolute atomic E-state index is 13.5. The fraction of sp³-hybridized carbons (Fsp3) is 0.318. The highest BCUT2D eigenvalue weighted by Crippen LogP contribution is 2.33. The molecule has 1 unspecified atom stereocenters. The molecule has 13 heteroatoms. The zero-order chi connectivity index (χ0) is 25.9. The summed E-state index contributed by atoms with van der Waals surface area (Å²) >= 11 is 0.999. The third-order valence-corrected chi connectivity index (χ3v) is 6.13. The zero-order valence-corrected chi connectivity index (χ0v) is 19.8. The molecule has 0 saturated heterocycles. The number of thiazole rings is 1. The Labute approximate surface area is 202 Å². The smallest absolute Gasteiger partial charge is 0.383 e. The van der Waals surface area contributed by atoms with Crippen molar-refractivity contribution in [2.75, 3.05) is 25.1 Å². The lowest BCUT2D eigenvalue weighted by atomic mass is 10.0. The van der Waals surface area contributed by atoms with E-state index >= 15 is 0 Å². The van der Waals surface area contributed by atoms with Gasteiger partial charge in [0.05, 0.1) is 16.8 Å². The van der Waals surface area contributed by atoms with E-state index in [9.17, 15) is 27.2 Å². The van der Waals surface area contributed by atoms with Crippen LogP contribution in [0.2, 0.25) is 0 Å². The van der Waals surface area contributed by atoms with Crippen molar-refractivity contribution < 1.29 is 27.2 Å². The fourth-order valence-corrected chi connectivity index (χ4v) is 4.10. The van der Waals surface area contributed by atoms with Gasteiger partial charge < -0.3 is 16.0 Å². The van der Waals surface area contributed by atoms with E-state index in [1.165, 1.54) is 12.5 Å². The summed E-state index contributed by atoms with van der Waals surface area (Å²) in [6.07, 6.45) is -2.37. The van der Waals surface area contributed by atoms with E-state index in [0.29, 0.717) is 29.2 Å². The first-order chi connectivity index (χ1) is 16.4. The van der Waals surface area contributed by atoms with Gasteiger partial charge in [0.2, 0.25) is 0 Å². The van der Waals surface area contributed by atoms with Gasteiger partial charge in [-0.05, 0) is 32.3 Å². The van der Waals surface area contributed by atoms with Crippen LogP contribution in [-0.2, 0) is 12.7 Å². The van der Waals surface area contributed by atoms with E-state index in [2.05, 4.69) is 20.3 Å². The van der Waals surface area contributed by atoms with Crippen LogP contribution in [0.15, 0.2) is 30.7 Å². The van der Waals surface area contributed by atoms with Crippen LogP contribution in [0.4, 0.5) is 29.1 Å². The average Bonchev–Trinajstić information content (AvgIpc) is 3.26. The number of nitrogens with two attached hydrogens (primary N) is 1. The maximum Gasteiger partial charge on any atom is 0.419 e. The molecule has 186 valence electrons. The Morgan fingerprint density at radius 1 is 1.20 bits per heavy atom. The van der Waals surface area contributed by atoms with Gasteiger partial charge >= 0.3 is 6.18 Å². The number of alkyl halides is 3. The number of ketones is 1. The summed E-state index contributed by atoms with van der Waals surface area (Å²) in [7, 11) is 3.64. The molecule has 2 heterocycles. The van der Waals surface area contributed by atoms with Crippen molar-refractivity contribution in [3.8, 4) is 0 Å². The number of benzene rings is 1. The van der Waals surface area contributed by atoms with Gasteiger partial charge in [-0.1, -0.05) is 6.92 Å². The molecule has 3 aromatic rings. The lowest BCUT2D eigenvalue weighted by molar-refractivity contribution is -0.139. The SMILES string of the molecule is CC(CC(=O)c1ncnc(N)c1CN(C)C)c1ncc(C(=O)Nc2ccc(F)c(C(F)(F)F)c2)s1. The van der Waals surface area contributed by atoms with Crippen molar-refractivity contribution in [1.82, 2.24) is 19.9 Å². The molecule has 0 aliphatic heterocycles. The van der Waals surface area contributed by atoms with Crippen LogP contribution < -0.4 is 11.1 Å². The minimum Gasteiger partial charge on any atom is -0.383 e. The lowest BCUT2D eigenvalue weighted by Crippen LogP contribution is -2.19. The van der Waals surface area contributed by atoms with Gasteiger partial charge in [0, 0.05) is 30.1 Å². The fourth-order valence-electron chi connectivity index (χ4n) is 3.23. The number of hydrogen-bond donors (Lipinski definition) is 2. The van der Waals surface area contributed by atoms with Crippen molar-refractivity contribution in [3.05, 3.63) is 63.2 Å². The summed E-state index contributed by atoms with van der Waals surface area (Å²) in [5.74, 6) is -2.57. The van der Waals surface area contributed by atoms with E-state index in [1.54, 1.807) is 6.92 Å². The van der Waals surface area contributed by atoms with Gasteiger partial charge in [-0.2, -0.15) is 13.2 Å².